The predicted molar refractivity (Wildman–Crippen MR) is 84.8 cm³/mol. The van der Waals surface area contributed by atoms with E-state index in [1.807, 2.05) is 0 Å². The summed E-state index contributed by atoms with van der Waals surface area (Å²) in [5, 5.41) is 4.03. The van der Waals surface area contributed by atoms with Crippen molar-refractivity contribution in [3.8, 4) is 0 Å². The van der Waals surface area contributed by atoms with Crippen molar-refractivity contribution in [2.75, 3.05) is 0 Å². The van der Waals surface area contributed by atoms with Crippen molar-refractivity contribution in [3.63, 3.8) is 0 Å². The molecule has 3 aromatic rings. The first-order valence-electron chi connectivity index (χ1n) is 8.10. The number of aromatic nitrogens is 6. The summed E-state index contributed by atoms with van der Waals surface area (Å²) in [6.07, 6.45) is 7.32. The van der Waals surface area contributed by atoms with Crippen molar-refractivity contribution in [1.29, 1.82) is 0 Å². The van der Waals surface area contributed by atoms with Crippen LogP contribution in [0.3, 0.4) is 0 Å². The maximum absolute atomic E-state index is 12.1. The first-order valence-corrected chi connectivity index (χ1v) is 8.10. The molecule has 0 aliphatic heterocycles. The molecule has 1 N–H and O–H groups in total. The number of fused-ring (bicyclic) bond motifs is 1. The van der Waals surface area contributed by atoms with Gasteiger partial charge in [-0.05, 0) is 12.8 Å². The highest BCUT2D eigenvalue weighted by Crippen LogP contribution is 2.31. The molecule has 0 spiro atoms. The number of nitrogens with zero attached hydrogens (tertiary/aromatic N) is 5. The van der Waals surface area contributed by atoms with Gasteiger partial charge in [-0.15, -0.1) is 0 Å². The molecule has 1 aliphatic rings. The number of nitrogens with one attached hydrogen (secondary N) is 1. The topological polar surface area (TPSA) is 112 Å². The van der Waals surface area contributed by atoms with E-state index in [0.29, 0.717) is 28.8 Å². The highest BCUT2D eigenvalue weighted by molar-refractivity contribution is 5.69. The highest BCUT2D eigenvalue weighted by Gasteiger charge is 2.22. The lowest BCUT2D eigenvalue weighted by Crippen LogP contribution is -2.29. The summed E-state index contributed by atoms with van der Waals surface area (Å²) in [5.74, 6) is 1.52. The van der Waals surface area contributed by atoms with E-state index in [-0.39, 0.29) is 6.54 Å². The molecule has 0 unspecified atom stereocenters. The lowest BCUT2D eigenvalue weighted by Gasteiger charge is -2.17. The number of hydrogen-bond donors (Lipinski definition) is 1. The Morgan fingerprint density at radius 1 is 1.29 bits per heavy atom. The summed E-state index contributed by atoms with van der Waals surface area (Å²) >= 11 is 0. The first kappa shape index (κ1) is 14.9. The van der Waals surface area contributed by atoms with E-state index in [1.54, 1.807) is 11.6 Å². The molecule has 1 saturated carbocycles. The van der Waals surface area contributed by atoms with Crippen LogP contribution in [0.25, 0.3) is 11.2 Å². The van der Waals surface area contributed by atoms with Crippen molar-refractivity contribution >= 4 is 11.2 Å². The van der Waals surface area contributed by atoms with Crippen LogP contribution in [0.5, 0.6) is 0 Å². The molecule has 9 nitrogen and oxygen atoms in total. The zero-order valence-electron chi connectivity index (χ0n) is 13.4. The van der Waals surface area contributed by atoms with Crippen molar-refractivity contribution < 1.29 is 4.52 Å². The molecule has 9 heteroatoms. The van der Waals surface area contributed by atoms with Gasteiger partial charge in [0.15, 0.2) is 17.0 Å². The first-order chi connectivity index (χ1) is 11.6. The van der Waals surface area contributed by atoms with Crippen molar-refractivity contribution in [3.05, 3.63) is 38.9 Å². The zero-order valence-corrected chi connectivity index (χ0v) is 13.4. The van der Waals surface area contributed by atoms with Crippen LogP contribution in [0, 0.1) is 0 Å². The molecule has 4 rings (SSSR count). The fourth-order valence-electron chi connectivity index (χ4n) is 3.30. The molecule has 0 bridgehead atoms. The quantitative estimate of drug-likeness (QED) is 0.764. The molecule has 0 radical (unpaired) electrons. The maximum atomic E-state index is 12.1. The van der Waals surface area contributed by atoms with Crippen LogP contribution in [0.15, 0.2) is 20.4 Å². The minimum absolute atomic E-state index is 0.272. The van der Waals surface area contributed by atoms with Gasteiger partial charge in [-0.25, -0.2) is 9.78 Å². The average Bonchev–Trinajstić information content (AvgIpc) is 3.22. The second-order valence-corrected chi connectivity index (χ2v) is 6.25. The summed E-state index contributed by atoms with van der Waals surface area (Å²) in [5.41, 5.74) is -0.306. The SMILES string of the molecule is Cn1c(=O)[nH]c(=O)c2c1ncn2Cc1noc(C2CCCCC2)n1. The minimum atomic E-state index is -0.489. The number of rotatable bonds is 3. The third-order valence-corrected chi connectivity index (χ3v) is 4.63. The molecule has 0 atom stereocenters. The average molecular weight is 330 g/mol. The molecular formula is C15H18N6O3. The molecule has 1 fully saturated rings. The molecule has 24 heavy (non-hydrogen) atoms. The van der Waals surface area contributed by atoms with Gasteiger partial charge in [0.25, 0.3) is 5.56 Å². The second-order valence-electron chi connectivity index (χ2n) is 6.25. The standard InChI is InChI=1S/C15H18N6O3/c1-20-12-11(13(22)18-15(20)23)21(8-16-12)7-10-17-14(24-19-10)9-5-3-2-4-6-9/h8-9H,2-7H2,1H3,(H,18,22,23). The number of aryl methyl sites for hydroxylation is 1. The number of aromatic amines is 1. The largest absolute Gasteiger partial charge is 0.339 e. The maximum Gasteiger partial charge on any atom is 0.329 e. The predicted octanol–water partition coefficient (Wildman–Crippen LogP) is 0.902. The lowest BCUT2D eigenvalue weighted by molar-refractivity contribution is 0.312. The van der Waals surface area contributed by atoms with Gasteiger partial charge in [-0.2, -0.15) is 4.98 Å². The van der Waals surface area contributed by atoms with Gasteiger partial charge >= 0.3 is 5.69 Å². The monoisotopic (exact) mass is 330 g/mol. The van der Waals surface area contributed by atoms with Crippen LogP contribution in [0.1, 0.15) is 49.7 Å². The van der Waals surface area contributed by atoms with Crippen LogP contribution >= 0.6 is 0 Å². The van der Waals surface area contributed by atoms with E-state index in [1.165, 1.54) is 30.2 Å². The summed E-state index contributed by atoms with van der Waals surface area (Å²) in [6.45, 7) is 0.272. The third-order valence-electron chi connectivity index (χ3n) is 4.63. The van der Waals surface area contributed by atoms with Gasteiger partial charge in [0.2, 0.25) is 5.89 Å². The summed E-state index contributed by atoms with van der Waals surface area (Å²) in [4.78, 5) is 34.6. The Morgan fingerprint density at radius 2 is 2.08 bits per heavy atom. The van der Waals surface area contributed by atoms with Gasteiger partial charge in [0, 0.05) is 13.0 Å². The molecule has 3 aromatic heterocycles. The number of H-pyrrole nitrogens is 1. The van der Waals surface area contributed by atoms with Crippen LogP contribution in [-0.4, -0.2) is 29.2 Å². The summed E-state index contributed by atoms with van der Waals surface area (Å²) in [7, 11) is 1.56. The zero-order chi connectivity index (χ0) is 16.7. The van der Waals surface area contributed by atoms with E-state index >= 15 is 0 Å². The van der Waals surface area contributed by atoms with E-state index in [0.717, 1.165) is 12.8 Å². The Labute approximate surface area is 136 Å². The Morgan fingerprint density at radius 3 is 2.88 bits per heavy atom. The van der Waals surface area contributed by atoms with Gasteiger partial charge < -0.3 is 9.09 Å². The molecular weight excluding hydrogens is 312 g/mol. The van der Waals surface area contributed by atoms with Gasteiger partial charge in [0.05, 0.1) is 12.9 Å². The lowest BCUT2D eigenvalue weighted by atomic mass is 9.89. The smallest absolute Gasteiger partial charge is 0.329 e. The van der Waals surface area contributed by atoms with E-state index in [9.17, 15) is 9.59 Å². The molecule has 3 heterocycles. The molecule has 126 valence electrons. The van der Waals surface area contributed by atoms with Crippen molar-refractivity contribution in [2.24, 2.45) is 7.05 Å². The Balaban J connectivity index is 1.65. The Hall–Kier alpha value is -2.71. The number of imidazole rings is 1. The fourth-order valence-corrected chi connectivity index (χ4v) is 3.30. The second kappa shape index (κ2) is 5.73. The van der Waals surface area contributed by atoms with Crippen molar-refractivity contribution in [2.45, 2.75) is 44.6 Å². The molecule has 1 aliphatic carbocycles. The van der Waals surface area contributed by atoms with E-state index in [4.69, 9.17) is 4.52 Å². The van der Waals surface area contributed by atoms with E-state index in [2.05, 4.69) is 20.1 Å². The van der Waals surface area contributed by atoms with Gasteiger partial charge in [-0.3, -0.25) is 14.3 Å². The Bertz CT molecular complexity index is 989. The summed E-state index contributed by atoms with van der Waals surface area (Å²) < 4.78 is 8.33. The highest BCUT2D eigenvalue weighted by atomic mass is 16.5. The van der Waals surface area contributed by atoms with Crippen LogP contribution < -0.4 is 11.2 Å². The summed E-state index contributed by atoms with van der Waals surface area (Å²) in [6, 6.07) is 0. The van der Waals surface area contributed by atoms with Crippen LogP contribution in [-0.2, 0) is 13.6 Å². The normalized spacial score (nSPS) is 16.0. The van der Waals surface area contributed by atoms with Gasteiger partial charge in [0.1, 0.15) is 0 Å². The minimum Gasteiger partial charge on any atom is -0.339 e. The molecule has 0 saturated heterocycles. The van der Waals surface area contributed by atoms with E-state index < -0.39 is 11.2 Å². The molecule has 0 amide bonds. The van der Waals surface area contributed by atoms with Gasteiger partial charge in [-0.1, -0.05) is 24.4 Å². The van der Waals surface area contributed by atoms with Crippen molar-refractivity contribution in [1.82, 2.24) is 29.2 Å². The fraction of sp³-hybridized carbons (Fsp3) is 0.533. The third kappa shape index (κ3) is 2.45. The van der Waals surface area contributed by atoms with Crippen LogP contribution in [0.4, 0.5) is 0 Å². The molecule has 0 aromatic carbocycles. The number of hydrogen-bond acceptors (Lipinski definition) is 6. The Kier molecular flexibility index (Phi) is 3.55. The van der Waals surface area contributed by atoms with Crippen LogP contribution in [0.2, 0.25) is 0 Å².